The molecule has 0 aromatic heterocycles. The van der Waals surface area contributed by atoms with E-state index >= 15 is 0 Å². The third-order valence-electron chi connectivity index (χ3n) is 8.78. The van der Waals surface area contributed by atoms with Crippen LogP contribution in [0.25, 0.3) is 0 Å². The van der Waals surface area contributed by atoms with Crippen LogP contribution in [0.15, 0.2) is 0 Å². The van der Waals surface area contributed by atoms with Gasteiger partial charge in [0.1, 0.15) is 0 Å². The number of aliphatic hydroxyl groups excluding tert-OH is 3. The average Bonchev–Trinajstić information content (AvgIpc) is 2.79. The lowest BCUT2D eigenvalue weighted by Crippen LogP contribution is -2.68. The van der Waals surface area contributed by atoms with E-state index in [0.29, 0.717) is 30.6 Å². The topological polar surface area (TPSA) is 80.9 Å². The van der Waals surface area contributed by atoms with Crippen molar-refractivity contribution in [2.24, 2.45) is 28.6 Å². The first-order chi connectivity index (χ1) is 10.7. The second kappa shape index (κ2) is 4.94. The van der Waals surface area contributed by atoms with E-state index in [1.54, 1.807) is 0 Å². The van der Waals surface area contributed by atoms with Gasteiger partial charge in [0.25, 0.3) is 0 Å². The van der Waals surface area contributed by atoms with Gasteiger partial charge in [-0.05, 0) is 68.1 Å². The lowest BCUT2D eigenvalue weighted by Gasteiger charge is -2.65. The lowest BCUT2D eigenvalue weighted by molar-refractivity contribution is -0.265. The Morgan fingerprint density at radius 2 is 1.57 bits per heavy atom. The molecule has 0 spiro atoms. The van der Waals surface area contributed by atoms with Gasteiger partial charge in [-0.3, -0.25) is 0 Å². The molecule has 4 N–H and O–H groups in total. The Morgan fingerprint density at radius 1 is 0.826 bits per heavy atom. The summed E-state index contributed by atoms with van der Waals surface area (Å²) in [7, 11) is 0. The van der Waals surface area contributed by atoms with Gasteiger partial charge in [0.05, 0.1) is 23.9 Å². The predicted molar refractivity (Wildman–Crippen MR) is 86.6 cm³/mol. The summed E-state index contributed by atoms with van der Waals surface area (Å²) in [5.41, 5.74) is -1.49. The fraction of sp³-hybridized carbons (Fsp3) is 1.00. The molecule has 4 rings (SSSR count). The number of rotatable bonds is 0. The lowest BCUT2D eigenvalue weighted by atomic mass is 9.43. The van der Waals surface area contributed by atoms with Crippen molar-refractivity contribution in [1.82, 2.24) is 0 Å². The fourth-order valence-electron chi connectivity index (χ4n) is 7.23. The van der Waals surface area contributed by atoms with Crippen molar-refractivity contribution in [3.05, 3.63) is 0 Å². The fourth-order valence-corrected chi connectivity index (χ4v) is 7.23. The molecule has 4 aliphatic rings. The molecule has 0 heterocycles. The highest BCUT2D eigenvalue weighted by Gasteiger charge is 2.67. The summed E-state index contributed by atoms with van der Waals surface area (Å²) >= 11 is 0. The van der Waals surface area contributed by atoms with Crippen LogP contribution in [-0.2, 0) is 0 Å². The second-order valence-electron chi connectivity index (χ2n) is 9.50. The Balaban J connectivity index is 1.71. The van der Waals surface area contributed by atoms with Gasteiger partial charge >= 0.3 is 0 Å². The zero-order chi connectivity index (χ0) is 16.6. The van der Waals surface area contributed by atoms with Crippen LogP contribution in [-0.4, -0.2) is 44.3 Å². The maximum atomic E-state index is 11.3. The van der Waals surface area contributed by atoms with Gasteiger partial charge in [-0.15, -0.1) is 0 Å². The normalized spacial score (nSPS) is 62.3. The van der Waals surface area contributed by atoms with Gasteiger partial charge in [0, 0.05) is 11.8 Å². The maximum absolute atomic E-state index is 11.3. The van der Waals surface area contributed by atoms with Crippen molar-refractivity contribution < 1.29 is 20.4 Å². The Morgan fingerprint density at radius 3 is 2.30 bits per heavy atom. The highest BCUT2D eigenvalue weighted by atomic mass is 16.3. The summed E-state index contributed by atoms with van der Waals surface area (Å²) < 4.78 is 0. The van der Waals surface area contributed by atoms with Gasteiger partial charge < -0.3 is 20.4 Å². The van der Waals surface area contributed by atoms with E-state index < -0.39 is 17.8 Å². The average molecular weight is 324 g/mol. The highest BCUT2D eigenvalue weighted by Crippen LogP contribution is 2.67. The van der Waals surface area contributed by atoms with Crippen LogP contribution in [0.2, 0.25) is 0 Å². The standard InChI is InChI=1S/C19H32O4/c1-17-7-6-14-12(13(17)3-4-15(17)21)9-16(22)19(23)10-11(20)5-8-18(14,19)2/h11-16,20-23H,3-10H2,1-2H3/t11-,12?,13?,14?,15-,16-,17-,18+,19-/m0/s1. The quantitative estimate of drug-likeness (QED) is 0.548. The second-order valence-corrected chi connectivity index (χ2v) is 9.50. The molecule has 0 saturated heterocycles. The summed E-state index contributed by atoms with van der Waals surface area (Å²) in [4.78, 5) is 0. The number of aliphatic hydroxyl groups is 4. The molecule has 4 aliphatic carbocycles. The number of fused-ring (bicyclic) bond motifs is 5. The van der Waals surface area contributed by atoms with E-state index in [2.05, 4.69) is 13.8 Å². The predicted octanol–water partition coefficient (Wildman–Crippen LogP) is 1.84. The molecule has 3 unspecified atom stereocenters. The summed E-state index contributed by atoms with van der Waals surface area (Å²) in [5.74, 6) is 1.24. The zero-order valence-corrected chi connectivity index (χ0v) is 14.4. The van der Waals surface area contributed by atoms with Crippen LogP contribution in [0.1, 0.15) is 65.2 Å². The monoisotopic (exact) mass is 324 g/mol. The summed E-state index contributed by atoms with van der Waals surface area (Å²) in [5, 5.41) is 42.7. The van der Waals surface area contributed by atoms with Crippen LogP contribution in [0.5, 0.6) is 0 Å². The van der Waals surface area contributed by atoms with Crippen LogP contribution >= 0.6 is 0 Å². The molecule has 4 fully saturated rings. The molecule has 0 aliphatic heterocycles. The first kappa shape index (κ1) is 16.3. The van der Waals surface area contributed by atoms with E-state index in [0.717, 1.165) is 38.5 Å². The Kier molecular flexibility index (Phi) is 3.50. The van der Waals surface area contributed by atoms with Crippen molar-refractivity contribution >= 4 is 0 Å². The van der Waals surface area contributed by atoms with Gasteiger partial charge in [0.2, 0.25) is 0 Å². The Labute approximate surface area is 138 Å². The molecule has 0 bridgehead atoms. The molecule has 132 valence electrons. The van der Waals surface area contributed by atoms with Crippen LogP contribution in [0.4, 0.5) is 0 Å². The van der Waals surface area contributed by atoms with Crippen molar-refractivity contribution in [2.75, 3.05) is 0 Å². The van der Waals surface area contributed by atoms with Crippen molar-refractivity contribution in [1.29, 1.82) is 0 Å². The third-order valence-corrected chi connectivity index (χ3v) is 8.78. The minimum absolute atomic E-state index is 0.0130. The smallest absolute Gasteiger partial charge is 0.0985 e. The van der Waals surface area contributed by atoms with Crippen LogP contribution in [0, 0.1) is 28.6 Å². The molecule has 9 atom stereocenters. The van der Waals surface area contributed by atoms with Crippen LogP contribution < -0.4 is 0 Å². The maximum Gasteiger partial charge on any atom is 0.0985 e. The van der Waals surface area contributed by atoms with Crippen molar-refractivity contribution in [3.8, 4) is 0 Å². The molecule has 4 heteroatoms. The SMILES string of the molecule is C[C@]12CCC3C(C[C@H](O)[C@@]4(O)C[C@@H](O)CC[C@]34C)C1CC[C@@H]2O. The third kappa shape index (κ3) is 1.92. The summed E-state index contributed by atoms with van der Waals surface area (Å²) in [6.07, 6.45) is 4.92. The molecule has 4 nitrogen and oxygen atoms in total. The van der Waals surface area contributed by atoms with Crippen molar-refractivity contribution in [3.63, 3.8) is 0 Å². The minimum atomic E-state index is -1.16. The summed E-state index contributed by atoms with van der Waals surface area (Å²) in [6.45, 7) is 4.37. The Bertz CT molecular complexity index is 496. The first-order valence-corrected chi connectivity index (χ1v) is 9.49. The van der Waals surface area contributed by atoms with E-state index in [1.807, 2.05) is 0 Å². The molecule has 4 saturated carbocycles. The molecule has 23 heavy (non-hydrogen) atoms. The summed E-state index contributed by atoms with van der Waals surface area (Å²) in [6, 6.07) is 0. The first-order valence-electron chi connectivity index (χ1n) is 9.49. The van der Waals surface area contributed by atoms with Gasteiger partial charge in [0.15, 0.2) is 0 Å². The number of hydrogen-bond acceptors (Lipinski definition) is 4. The molecular formula is C19H32O4. The molecule has 0 aromatic rings. The largest absolute Gasteiger partial charge is 0.393 e. The van der Waals surface area contributed by atoms with Crippen LogP contribution in [0.3, 0.4) is 0 Å². The van der Waals surface area contributed by atoms with E-state index in [9.17, 15) is 20.4 Å². The molecular weight excluding hydrogens is 292 g/mol. The van der Waals surface area contributed by atoms with Gasteiger partial charge in [-0.25, -0.2) is 0 Å². The Hall–Kier alpha value is -0.160. The van der Waals surface area contributed by atoms with E-state index in [4.69, 9.17) is 0 Å². The number of hydrogen-bond donors (Lipinski definition) is 4. The van der Waals surface area contributed by atoms with Crippen molar-refractivity contribution in [2.45, 2.75) is 89.1 Å². The molecule has 0 aromatic carbocycles. The van der Waals surface area contributed by atoms with E-state index in [1.165, 1.54) is 0 Å². The van der Waals surface area contributed by atoms with E-state index in [-0.39, 0.29) is 16.9 Å². The highest BCUT2D eigenvalue weighted by molar-refractivity contribution is 5.17. The van der Waals surface area contributed by atoms with Gasteiger partial charge in [-0.1, -0.05) is 13.8 Å². The molecule has 0 radical (unpaired) electrons. The minimum Gasteiger partial charge on any atom is -0.393 e. The van der Waals surface area contributed by atoms with Gasteiger partial charge in [-0.2, -0.15) is 0 Å². The zero-order valence-electron chi connectivity index (χ0n) is 14.4. The molecule has 0 amide bonds.